The number of amides is 1. The summed E-state index contributed by atoms with van der Waals surface area (Å²) in [7, 11) is 0. The standard InChI is InChI=1S/C22H31N3O2S/c1-13(2)23-20(26)16(5)28-22-24-18-11-7-6-10-17(18)21(27)25(22)19-12-8-9-14(3)15(19)4/h6-7,10-11,13-16,19H,8-9,12H2,1-5H3,(H,23,26)/t14-,15+,16-,19+/m0/s1. The number of hydrogen-bond donors (Lipinski definition) is 1. The third kappa shape index (κ3) is 4.27. The highest BCUT2D eigenvalue weighted by Crippen LogP contribution is 2.39. The van der Waals surface area contributed by atoms with E-state index in [1.165, 1.54) is 18.2 Å². The summed E-state index contributed by atoms with van der Waals surface area (Å²) < 4.78 is 1.88. The fourth-order valence-corrected chi connectivity index (χ4v) is 5.01. The Morgan fingerprint density at radius 1 is 1.21 bits per heavy atom. The van der Waals surface area contributed by atoms with Gasteiger partial charge in [0.25, 0.3) is 5.56 Å². The zero-order chi connectivity index (χ0) is 20.4. The van der Waals surface area contributed by atoms with Crippen LogP contribution in [0.2, 0.25) is 0 Å². The lowest BCUT2D eigenvalue weighted by atomic mass is 9.78. The number of hydrogen-bond acceptors (Lipinski definition) is 4. The summed E-state index contributed by atoms with van der Waals surface area (Å²) in [6.07, 6.45) is 3.29. The number of nitrogens with zero attached hydrogens (tertiary/aromatic N) is 2. The van der Waals surface area contributed by atoms with Crippen molar-refractivity contribution < 1.29 is 4.79 Å². The van der Waals surface area contributed by atoms with Crippen LogP contribution in [0.4, 0.5) is 0 Å². The molecule has 0 spiro atoms. The van der Waals surface area contributed by atoms with E-state index in [0.29, 0.717) is 27.9 Å². The minimum absolute atomic E-state index is 0.00974. The van der Waals surface area contributed by atoms with Gasteiger partial charge in [-0.15, -0.1) is 0 Å². The number of carbonyl (C=O) groups excluding carboxylic acids is 1. The van der Waals surface area contributed by atoms with E-state index in [-0.39, 0.29) is 28.8 Å². The van der Waals surface area contributed by atoms with Gasteiger partial charge < -0.3 is 5.32 Å². The van der Waals surface area contributed by atoms with Gasteiger partial charge in [-0.05, 0) is 51.2 Å². The summed E-state index contributed by atoms with van der Waals surface area (Å²) in [4.78, 5) is 30.7. The second kappa shape index (κ2) is 8.68. The van der Waals surface area contributed by atoms with Crippen molar-refractivity contribution in [1.82, 2.24) is 14.9 Å². The van der Waals surface area contributed by atoms with E-state index in [1.807, 2.05) is 49.6 Å². The van der Waals surface area contributed by atoms with Gasteiger partial charge in [0, 0.05) is 12.1 Å². The number of thioether (sulfide) groups is 1. The Bertz CT molecular complexity index is 908. The molecule has 1 saturated carbocycles. The van der Waals surface area contributed by atoms with Crippen molar-refractivity contribution >= 4 is 28.6 Å². The Labute approximate surface area is 171 Å². The molecule has 1 aromatic heterocycles. The van der Waals surface area contributed by atoms with Crippen molar-refractivity contribution in [2.45, 2.75) is 76.4 Å². The van der Waals surface area contributed by atoms with Crippen LogP contribution in [0.15, 0.2) is 34.2 Å². The molecule has 1 aliphatic carbocycles. The molecule has 5 nitrogen and oxygen atoms in total. The lowest BCUT2D eigenvalue weighted by Gasteiger charge is -2.36. The predicted octanol–water partition coefficient (Wildman–Crippen LogP) is 4.40. The summed E-state index contributed by atoms with van der Waals surface area (Å²) >= 11 is 1.39. The normalized spacial score (nSPS) is 23.7. The van der Waals surface area contributed by atoms with Crippen LogP contribution in [0.5, 0.6) is 0 Å². The largest absolute Gasteiger partial charge is 0.353 e. The van der Waals surface area contributed by atoms with E-state index < -0.39 is 0 Å². The highest BCUT2D eigenvalue weighted by molar-refractivity contribution is 8.00. The molecule has 1 N–H and O–H groups in total. The van der Waals surface area contributed by atoms with Gasteiger partial charge in [0.15, 0.2) is 5.16 Å². The van der Waals surface area contributed by atoms with Crippen LogP contribution in [0, 0.1) is 11.8 Å². The maximum atomic E-state index is 13.4. The van der Waals surface area contributed by atoms with Crippen LogP contribution in [-0.2, 0) is 4.79 Å². The molecule has 1 aliphatic rings. The third-order valence-corrected chi connectivity index (χ3v) is 6.92. The van der Waals surface area contributed by atoms with E-state index in [0.717, 1.165) is 12.8 Å². The molecule has 1 fully saturated rings. The van der Waals surface area contributed by atoms with Crippen molar-refractivity contribution in [2.24, 2.45) is 11.8 Å². The maximum absolute atomic E-state index is 13.4. The topological polar surface area (TPSA) is 64.0 Å². The first kappa shape index (κ1) is 20.9. The van der Waals surface area contributed by atoms with Crippen molar-refractivity contribution in [3.05, 3.63) is 34.6 Å². The van der Waals surface area contributed by atoms with E-state index in [4.69, 9.17) is 4.98 Å². The number of para-hydroxylation sites is 1. The van der Waals surface area contributed by atoms with Crippen LogP contribution in [-0.4, -0.2) is 26.8 Å². The van der Waals surface area contributed by atoms with Gasteiger partial charge in [0.2, 0.25) is 5.91 Å². The number of aromatic nitrogens is 2. The maximum Gasteiger partial charge on any atom is 0.262 e. The molecular formula is C22H31N3O2S. The molecule has 0 bridgehead atoms. The molecule has 6 heteroatoms. The summed E-state index contributed by atoms with van der Waals surface area (Å²) in [6, 6.07) is 7.71. The van der Waals surface area contributed by atoms with Gasteiger partial charge in [-0.25, -0.2) is 4.98 Å². The van der Waals surface area contributed by atoms with Crippen molar-refractivity contribution in [2.75, 3.05) is 0 Å². The highest BCUT2D eigenvalue weighted by atomic mass is 32.2. The predicted molar refractivity (Wildman–Crippen MR) is 116 cm³/mol. The van der Waals surface area contributed by atoms with Crippen LogP contribution < -0.4 is 10.9 Å². The molecule has 3 rings (SSSR count). The molecule has 1 aromatic carbocycles. The highest BCUT2D eigenvalue weighted by Gasteiger charge is 2.32. The molecule has 1 amide bonds. The average molecular weight is 402 g/mol. The zero-order valence-corrected chi connectivity index (χ0v) is 18.3. The van der Waals surface area contributed by atoms with Gasteiger partial charge in [0.1, 0.15) is 0 Å². The summed E-state index contributed by atoms with van der Waals surface area (Å²) in [5, 5.41) is 3.94. The second-order valence-electron chi connectivity index (χ2n) is 8.34. The van der Waals surface area contributed by atoms with E-state index in [1.54, 1.807) is 0 Å². The molecule has 0 aliphatic heterocycles. The smallest absolute Gasteiger partial charge is 0.262 e. The number of rotatable bonds is 5. The first-order chi connectivity index (χ1) is 13.3. The van der Waals surface area contributed by atoms with Gasteiger partial charge in [-0.2, -0.15) is 0 Å². The molecule has 0 radical (unpaired) electrons. The van der Waals surface area contributed by atoms with Gasteiger partial charge >= 0.3 is 0 Å². The van der Waals surface area contributed by atoms with E-state index in [2.05, 4.69) is 19.2 Å². The molecule has 0 unspecified atom stereocenters. The molecule has 1 heterocycles. The average Bonchev–Trinajstić information content (AvgIpc) is 2.64. The minimum Gasteiger partial charge on any atom is -0.353 e. The summed E-state index contributed by atoms with van der Waals surface area (Å²) in [5.41, 5.74) is 0.703. The number of fused-ring (bicyclic) bond motifs is 1. The lowest BCUT2D eigenvalue weighted by molar-refractivity contribution is -0.120. The molecule has 152 valence electrons. The molecule has 28 heavy (non-hydrogen) atoms. The molecular weight excluding hydrogens is 370 g/mol. The van der Waals surface area contributed by atoms with Crippen LogP contribution in [0.1, 0.15) is 59.9 Å². The van der Waals surface area contributed by atoms with Crippen molar-refractivity contribution in [1.29, 1.82) is 0 Å². The zero-order valence-electron chi connectivity index (χ0n) is 17.4. The Morgan fingerprint density at radius 3 is 2.64 bits per heavy atom. The van der Waals surface area contributed by atoms with Gasteiger partial charge in [-0.3, -0.25) is 14.2 Å². The Kier molecular flexibility index (Phi) is 6.48. The quantitative estimate of drug-likeness (QED) is 0.596. The first-order valence-electron chi connectivity index (χ1n) is 10.3. The van der Waals surface area contributed by atoms with Crippen LogP contribution in [0.3, 0.4) is 0 Å². The van der Waals surface area contributed by atoms with E-state index >= 15 is 0 Å². The SMILES string of the molecule is CC(C)NC(=O)[C@H](C)Sc1nc2ccccc2c(=O)n1[C@@H]1CCC[C@H](C)[C@H]1C. The molecule has 2 aromatic rings. The van der Waals surface area contributed by atoms with Crippen molar-refractivity contribution in [3.8, 4) is 0 Å². The minimum atomic E-state index is -0.321. The van der Waals surface area contributed by atoms with Gasteiger partial charge in [0.05, 0.1) is 16.2 Å². The van der Waals surface area contributed by atoms with Crippen molar-refractivity contribution in [3.63, 3.8) is 0 Å². The molecule has 0 saturated heterocycles. The fraction of sp³-hybridized carbons (Fsp3) is 0.591. The first-order valence-corrected chi connectivity index (χ1v) is 11.2. The number of benzene rings is 1. The third-order valence-electron chi connectivity index (χ3n) is 5.85. The summed E-state index contributed by atoms with van der Waals surface area (Å²) in [5.74, 6) is 0.934. The number of carbonyl (C=O) groups is 1. The molecule has 4 atom stereocenters. The van der Waals surface area contributed by atoms with Crippen LogP contribution >= 0.6 is 11.8 Å². The number of nitrogens with one attached hydrogen (secondary N) is 1. The Hall–Kier alpha value is -1.82. The van der Waals surface area contributed by atoms with Gasteiger partial charge in [-0.1, -0.05) is 50.6 Å². The monoisotopic (exact) mass is 401 g/mol. The van der Waals surface area contributed by atoms with E-state index in [9.17, 15) is 9.59 Å². The van der Waals surface area contributed by atoms with Crippen LogP contribution in [0.25, 0.3) is 10.9 Å². The lowest BCUT2D eigenvalue weighted by Crippen LogP contribution is -2.38. The fourth-order valence-electron chi connectivity index (χ4n) is 4.03. The summed E-state index contributed by atoms with van der Waals surface area (Å²) in [6.45, 7) is 10.3. The second-order valence-corrected chi connectivity index (χ2v) is 9.65. The Balaban J connectivity index is 2.07. The Morgan fingerprint density at radius 2 is 1.93 bits per heavy atom.